The number of fused-ring (bicyclic) bond motifs is 1. The molecule has 0 amide bonds. The van der Waals surface area contributed by atoms with E-state index in [9.17, 15) is 5.26 Å². The molecule has 23 heavy (non-hydrogen) atoms. The van der Waals surface area contributed by atoms with E-state index >= 15 is 0 Å². The van der Waals surface area contributed by atoms with Crippen LogP contribution in [-0.2, 0) is 9.31 Å². The quantitative estimate of drug-likeness (QED) is 0.493. The fourth-order valence-corrected chi connectivity index (χ4v) is 2.51. The van der Waals surface area contributed by atoms with Crippen LogP contribution >= 0.6 is 0 Å². The zero-order valence-corrected chi connectivity index (χ0v) is 13.7. The fourth-order valence-electron chi connectivity index (χ4n) is 2.51. The number of rotatable bonds is 3. The normalized spacial score (nSPS) is 17.1. The third kappa shape index (κ3) is 2.96. The molecule has 0 aliphatic carbocycles. The molecule has 0 bridgehead atoms. The maximum absolute atomic E-state index is 9.56. The molecular weight excluding hydrogens is 293 g/mol. The van der Waals surface area contributed by atoms with Gasteiger partial charge in [0.2, 0.25) is 5.88 Å². The molecule has 1 saturated heterocycles. The number of hydrogen-bond acceptors (Lipinski definition) is 5. The van der Waals surface area contributed by atoms with Crippen LogP contribution in [0.1, 0.15) is 19.4 Å². The predicted molar refractivity (Wildman–Crippen MR) is 89.3 cm³/mol. The highest BCUT2D eigenvalue weighted by molar-refractivity contribution is 6.65. The molecule has 7 heteroatoms. The fraction of sp³-hybridized carbons (Fsp3) is 0.375. The van der Waals surface area contributed by atoms with Gasteiger partial charge in [0.1, 0.15) is 17.2 Å². The molecule has 1 aromatic carbocycles. The summed E-state index contributed by atoms with van der Waals surface area (Å²) in [5.74, 6) is 0.293. The molecule has 1 aliphatic rings. The van der Waals surface area contributed by atoms with Crippen molar-refractivity contribution in [2.24, 2.45) is 4.99 Å². The average molecular weight is 311 g/mol. The standard InChI is InChI=1S/C16H18BN3O3/c1-16(2)9-21-17(23-16)12-6-5-7-13-14(12)11(8-18)15(22-13)19-10-20(3)4/h5-7,10H,9H2,1-4H3. The summed E-state index contributed by atoms with van der Waals surface area (Å²) in [5, 5.41) is 10.3. The molecular formula is C16H18BN3O3. The number of aliphatic imine (C=N–C) groups is 1. The molecule has 2 aromatic rings. The summed E-state index contributed by atoms with van der Waals surface area (Å²) in [4.78, 5) is 6.02. The maximum atomic E-state index is 9.56. The van der Waals surface area contributed by atoms with Crippen LogP contribution in [0.4, 0.5) is 5.88 Å². The highest BCUT2D eigenvalue weighted by Crippen LogP contribution is 2.31. The van der Waals surface area contributed by atoms with Gasteiger partial charge >= 0.3 is 7.12 Å². The van der Waals surface area contributed by atoms with Gasteiger partial charge in [-0.15, -0.1) is 0 Å². The van der Waals surface area contributed by atoms with Gasteiger partial charge in [-0.2, -0.15) is 5.26 Å². The minimum atomic E-state index is -0.510. The molecule has 1 aliphatic heterocycles. The summed E-state index contributed by atoms with van der Waals surface area (Å²) in [7, 11) is 3.20. The molecule has 6 nitrogen and oxygen atoms in total. The lowest BCUT2D eigenvalue weighted by Gasteiger charge is -2.15. The van der Waals surface area contributed by atoms with Crippen LogP contribution in [0.3, 0.4) is 0 Å². The van der Waals surface area contributed by atoms with E-state index in [4.69, 9.17) is 13.7 Å². The Hall–Kier alpha value is -2.30. The molecule has 2 heterocycles. The molecule has 0 spiro atoms. The van der Waals surface area contributed by atoms with Gasteiger partial charge in [-0.1, -0.05) is 12.1 Å². The first-order valence-corrected chi connectivity index (χ1v) is 7.37. The lowest BCUT2D eigenvalue weighted by atomic mass is 9.76. The van der Waals surface area contributed by atoms with Crippen molar-refractivity contribution in [3.8, 4) is 6.07 Å². The molecule has 0 radical (unpaired) electrons. The maximum Gasteiger partial charge on any atom is 0.495 e. The third-order valence-electron chi connectivity index (χ3n) is 3.51. The van der Waals surface area contributed by atoms with Gasteiger partial charge in [0.25, 0.3) is 0 Å². The van der Waals surface area contributed by atoms with E-state index < -0.39 is 7.12 Å². The highest BCUT2D eigenvalue weighted by Gasteiger charge is 2.40. The Morgan fingerprint density at radius 3 is 2.78 bits per heavy atom. The lowest BCUT2D eigenvalue weighted by Crippen LogP contribution is -2.35. The van der Waals surface area contributed by atoms with Crippen LogP contribution in [-0.4, -0.2) is 44.7 Å². The van der Waals surface area contributed by atoms with Crippen LogP contribution in [0, 0.1) is 11.3 Å². The van der Waals surface area contributed by atoms with Gasteiger partial charge in [0.05, 0.1) is 18.5 Å². The van der Waals surface area contributed by atoms with E-state index in [-0.39, 0.29) is 5.60 Å². The highest BCUT2D eigenvalue weighted by atomic mass is 16.7. The first-order valence-electron chi connectivity index (χ1n) is 7.37. The zero-order valence-electron chi connectivity index (χ0n) is 13.7. The van der Waals surface area contributed by atoms with Crippen molar-refractivity contribution in [1.29, 1.82) is 5.26 Å². The minimum Gasteiger partial charge on any atom is -0.437 e. The number of nitriles is 1. The second kappa shape index (κ2) is 5.72. The van der Waals surface area contributed by atoms with Crippen molar-refractivity contribution in [3.05, 3.63) is 23.8 Å². The van der Waals surface area contributed by atoms with Gasteiger partial charge in [0.15, 0.2) is 0 Å². The molecule has 0 N–H and O–H groups in total. The van der Waals surface area contributed by atoms with Gasteiger partial charge in [-0.05, 0) is 25.4 Å². The number of benzene rings is 1. The molecule has 3 rings (SSSR count). The summed E-state index contributed by atoms with van der Waals surface area (Å²) in [6.07, 6.45) is 1.60. The Morgan fingerprint density at radius 2 is 2.17 bits per heavy atom. The second-order valence-corrected chi connectivity index (χ2v) is 6.34. The summed E-state index contributed by atoms with van der Waals surface area (Å²) in [6, 6.07) is 7.76. The van der Waals surface area contributed by atoms with Crippen LogP contribution in [0.25, 0.3) is 11.0 Å². The molecule has 1 aromatic heterocycles. The number of nitrogens with zero attached hydrogens (tertiary/aromatic N) is 3. The van der Waals surface area contributed by atoms with Crippen molar-refractivity contribution in [2.75, 3.05) is 20.7 Å². The Morgan fingerprint density at radius 1 is 1.39 bits per heavy atom. The van der Waals surface area contributed by atoms with Crippen LogP contribution < -0.4 is 5.46 Å². The predicted octanol–water partition coefficient (Wildman–Crippen LogP) is 2.05. The lowest BCUT2D eigenvalue weighted by molar-refractivity contribution is 0.137. The first-order chi connectivity index (χ1) is 10.9. The van der Waals surface area contributed by atoms with Crippen molar-refractivity contribution in [3.63, 3.8) is 0 Å². The topological polar surface area (TPSA) is 71.0 Å². The van der Waals surface area contributed by atoms with Crippen molar-refractivity contribution in [1.82, 2.24) is 4.90 Å². The van der Waals surface area contributed by atoms with Gasteiger partial charge < -0.3 is 18.6 Å². The van der Waals surface area contributed by atoms with Gasteiger partial charge in [-0.3, -0.25) is 0 Å². The molecule has 1 fully saturated rings. The van der Waals surface area contributed by atoms with E-state index in [0.29, 0.717) is 29.0 Å². The summed E-state index contributed by atoms with van der Waals surface area (Å²) in [6.45, 7) is 4.44. The third-order valence-corrected chi connectivity index (χ3v) is 3.51. The average Bonchev–Trinajstić information content (AvgIpc) is 3.04. The summed E-state index contributed by atoms with van der Waals surface area (Å²) < 4.78 is 17.4. The van der Waals surface area contributed by atoms with E-state index in [1.165, 1.54) is 0 Å². The van der Waals surface area contributed by atoms with E-state index in [1.807, 2.05) is 46.1 Å². The van der Waals surface area contributed by atoms with E-state index in [2.05, 4.69) is 11.1 Å². The van der Waals surface area contributed by atoms with Crippen LogP contribution in [0.5, 0.6) is 0 Å². The number of hydrogen-bond donors (Lipinski definition) is 0. The smallest absolute Gasteiger partial charge is 0.437 e. The Labute approximate surface area is 135 Å². The Kier molecular flexibility index (Phi) is 3.88. The van der Waals surface area contributed by atoms with Crippen molar-refractivity contribution >= 4 is 35.8 Å². The molecule has 0 unspecified atom stereocenters. The minimum absolute atomic E-state index is 0.293. The van der Waals surface area contributed by atoms with Crippen molar-refractivity contribution in [2.45, 2.75) is 19.4 Å². The van der Waals surface area contributed by atoms with E-state index in [0.717, 1.165) is 5.46 Å². The second-order valence-electron chi connectivity index (χ2n) is 6.34. The SMILES string of the molecule is CN(C)C=Nc1oc2cccc(B3OCC(C)(C)O3)c2c1C#N. The van der Waals surface area contributed by atoms with Crippen LogP contribution in [0.2, 0.25) is 0 Å². The number of furan rings is 1. The monoisotopic (exact) mass is 311 g/mol. The van der Waals surface area contributed by atoms with Crippen molar-refractivity contribution < 1.29 is 13.7 Å². The Bertz CT molecular complexity index is 805. The largest absolute Gasteiger partial charge is 0.495 e. The Balaban J connectivity index is 2.12. The summed E-state index contributed by atoms with van der Waals surface area (Å²) in [5.41, 5.74) is 1.43. The van der Waals surface area contributed by atoms with E-state index in [1.54, 1.807) is 11.2 Å². The molecule has 0 saturated carbocycles. The van der Waals surface area contributed by atoms with Gasteiger partial charge in [0, 0.05) is 19.5 Å². The van der Waals surface area contributed by atoms with Gasteiger partial charge in [-0.25, -0.2) is 4.99 Å². The summed E-state index contributed by atoms with van der Waals surface area (Å²) >= 11 is 0. The molecule has 0 atom stereocenters. The molecule has 118 valence electrons. The van der Waals surface area contributed by atoms with Crippen LogP contribution in [0.15, 0.2) is 27.6 Å². The first kappa shape index (κ1) is 15.6. The zero-order chi connectivity index (χ0) is 16.6.